The molecule has 0 radical (unpaired) electrons. The third-order valence-corrected chi connectivity index (χ3v) is 4.44. The number of rotatable bonds is 4. The van der Waals surface area contributed by atoms with E-state index in [0.717, 1.165) is 10.1 Å². The molecule has 5 nitrogen and oxygen atoms in total. The second kappa shape index (κ2) is 6.26. The molecule has 2 heterocycles. The molecule has 0 aliphatic carbocycles. The van der Waals surface area contributed by atoms with Crippen LogP contribution in [-0.4, -0.2) is 19.0 Å². The Morgan fingerprint density at radius 3 is 2.70 bits per heavy atom. The fraction of sp³-hybridized carbons (Fsp3) is 0.176. The van der Waals surface area contributed by atoms with Crippen molar-refractivity contribution in [3.63, 3.8) is 0 Å². The predicted octanol–water partition coefficient (Wildman–Crippen LogP) is 3.95. The van der Waals surface area contributed by atoms with Crippen molar-refractivity contribution in [2.75, 3.05) is 7.11 Å². The topological polar surface area (TPSA) is 65.7 Å². The average molecular weight is 330 g/mol. The van der Waals surface area contributed by atoms with Crippen LogP contribution in [0.1, 0.15) is 31.6 Å². The first-order valence-corrected chi connectivity index (χ1v) is 7.73. The lowest BCUT2D eigenvalue weighted by Gasteiger charge is -1.99. The lowest BCUT2D eigenvalue weighted by Crippen LogP contribution is -2.03. The maximum absolute atomic E-state index is 12.1. The van der Waals surface area contributed by atoms with Gasteiger partial charge >= 0.3 is 11.9 Å². The van der Waals surface area contributed by atoms with E-state index < -0.39 is 11.9 Å². The van der Waals surface area contributed by atoms with Gasteiger partial charge in [0.15, 0.2) is 0 Å². The van der Waals surface area contributed by atoms with Crippen molar-refractivity contribution in [3.8, 4) is 0 Å². The summed E-state index contributed by atoms with van der Waals surface area (Å²) in [5, 5.41) is 1.01. The van der Waals surface area contributed by atoms with Gasteiger partial charge in [-0.15, -0.1) is 11.3 Å². The molecule has 0 aliphatic rings. The van der Waals surface area contributed by atoms with E-state index in [1.54, 1.807) is 13.0 Å². The first-order chi connectivity index (χ1) is 11.1. The maximum atomic E-state index is 12.1. The van der Waals surface area contributed by atoms with Gasteiger partial charge in [0.2, 0.25) is 0 Å². The number of thiophene rings is 1. The second-order valence-electron chi connectivity index (χ2n) is 4.90. The van der Waals surface area contributed by atoms with Crippen LogP contribution in [0.15, 0.2) is 40.8 Å². The van der Waals surface area contributed by atoms with Crippen molar-refractivity contribution in [2.24, 2.45) is 0 Å². The standard InChI is InChI=1S/C17H14O5S/c1-10-13(16(18)20-2)8-12(22-10)9-21-17(19)15-7-11-5-3-4-6-14(11)23-15/h3-8H,9H2,1-2H3. The molecule has 0 atom stereocenters. The SMILES string of the molecule is COC(=O)c1cc(COC(=O)c2cc3ccccc3s2)oc1C. The zero-order valence-corrected chi connectivity index (χ0v) is 13.4. The van der Waals surface area contributed by atoms with Crippen molar-refractivity contribution in [2.45, 2.75) is 13.5 Å². The van der Waals surface area contributed by atoms with Gasteiger partial charge < -0.3 is 13.9 Å². The van der Waals surface area contributed by atoms with Crippen LogP contribution in [0.5, 0.6) is 0 Å². The summed E-state index contributed by atoms with van der Waals surface area (Å²) >= 11 is 1.38. The van der Waals surface area contributed by atoms with Gasteiger partial charge in [0.25, 0.3) is 0 Å². The number of hydrogen-bond donors (Lipinski definition) is 0. The highest BCUT2D eigenvalue weighted by molar-refractivity contribution is 7.20. The number of esters is 2. The fourth-order valence-electron chi connectivity index (χ4n) is 2.22. The number of benzene rings is 1. The molecule has 0 saturated heterocycles. The fourth-order valence-corrected chi connectivity index (χ4v) is 3.17. The monoisotopic (exact) mass is 330 g/mol. The molecule has 0 fully saturated rings. The molecule has 0 N–H and O–H groups in total. The van der Waals surface area contributed by atoms with Crippen molar-refractivity contribution in [3.05, 3.63) is 58.4 Å². The number of fused-ring (bicyclic) bond motifs is 1. The Balaban J connectivity index is 1.70. The summed E-state index contributed by atoms with van der Waals surface area (Å²) in [5.74, 6) is -0.0599. The van der Waals surface area contributed by atoms with E-state index in [1.165, 1.54) is 24.5 Å². The van der Waals surface area contributed by atoms with Crippen LogP contribution in [0.2, 0.25) is 0 Å². The largest absolute Gasteiger partial charge is 0.465 e. The van der Waals surface area contributed by atoms with E-state index >= 15 is 0 Å². The molecule has 1 aromatic carbocycles. The Hall–Kier alpha value is -2.60. The van der Waals surface area contributed by atoms with E-state index in [9.17, 15) is 9.59 Å². The molecule has 0 spiro atoms. The van der Waals surface area contributed by atoms with E-state index in [4.69, 9.17) is 9.15 Å². The Bertz CT molecular complexity index is 841. The van der Waals surface area contributed by atoms with Crippen LogP contribution in [-0.2, 0) is 16.1 Å². The molecule has 0 saturated carbocycles. The minimum Gasteiger partial charge on any atom is -0.465 e. The summed E-state index contributed by atoms with van der Waals surface area (Å²) in [7, 11) is 1.30. The van der Waals surface area contributed by atoms with Crippen LogP contribution >= 0.6 is 11.3 Å². The smallest absolute Gasteiger partial charge is 0.348 e. The highest BCUT2D eigenvalue weighted by Gasteiger charge is 2.17. The molecule has 2 aromatic heterocycles. The van der Waals surface area contributed by atoms with E-state index in [1.807, 2.05) is 24.3 Å². The summed E-state index contributed by atoms with van der Waals surface area (Å²) in [5.41, 5.74) is 0.334. The molecular formula is C17H14O5S. The van der Waals surface area contributed by atoms with Gasteiger partial charge in [-0.1, -0.05) is 18.2 Å². The molecule has 3 aromatic rings. The summed E-state index contributed by atoms with van der Waals surface area (Å²) in [6.45, 7) is 1.62. The molecule has 118 valence electrons. The summed E-state index contributed by atoms with van der Waals surface area (Å²) < 4.78 is 16.3. The van der Waals surface area contributed by atoms with Crippen LogP contribution in [0.25, 0.3) is 10.1 Å². The number of hydrogen-bond acceptors (Lipinski definition) is 6. The van der Waals surface area contributed by atoms with Crippen LogP contribution in [0, 0.1) is 6.92 Å². The molecule has 0 bridgehead atoms. The van der Waals surface area contributed by atoms with E-state index in [2.05, 4.69) is 4.74 Å². The van der Waals surface area contributed by atoms with Gasteiger partial charge in [0.1, 0.15) is 28.6 Å². The van der Waals surface area contributed by atoms with Crippen LogP contribution < -0.4 is 0 Å². The van der Waals surface area contributed by atoms with Crippen molar-refractivity contribution < 1.29 is 23.5 Å². The zero-order valence-electron chi connectivity index (χ0n) is 12.6. The van der Waals surface area contributed by atoms with Gasteiger partial charge in [-0.05, 0) is 30.5 Å². The molecule has 0 unspecified atom stereocenters. The van der Waals surface area contributed by atoms with E-state index in [-0.39, 0.29) is 6.61 Å². The zero-order chi connectivity index (χ0) is 16.4. The lowest BCUT2D eigenvalue weighted by molar-refractivity contribution is 0.0449. The summed E-state index contributed by atoms with van der Waals surface area (Å²) in [6.07, 6.45) is 0. The number of methoxy groups -OCH3 is 1. The van der Waals surface area contributed by atoms with Gasteiger partial charge in [-0.2, -0.15) is 0 Å². The van der Waals surface area contributed by atoms with Crippen molar-refractivity contribution in [1.82, 2.24) is 0 Å². The molecule has 0 aliphatic heterocycles. The molecule has 23 heavy (non-hydrogen) atoms. The number of carbonyl (C=O) groups is 2. The summed E-state index contributed by atoms with van der Waals surface area (Å²) in [6, 6.07) is 11.1. The molecule has 0 amide bonds. The normalized spacial score (nSPS) is 10.7. The highest BCUT2D eigenvalue weighted by Crippen LogP contribution is 2.26. The van der Waals surface area contributed by atoms with Gasteiger partial charge in [-0.3, -0.25) is 0 Å². The van der Waals surface area contributed by atoms with Gasteiger partial charge in [0, 0.05) is 4.70 Å². The summed E-state index contributed by atoms with van der Waals surface area (Å²) in [4.78, 5) is 24.2. The number of aryl methyl sites for hydroxylation is 1. The average Bonchev–Trinajstić information content (AvgIpc) is 3.15. The van der Waals surface area contributed by atoms with Gasteiger partial charge in [0.05, 0.1) is 7.11 Å². The Labute approximate surface area is 136 Å². The number of furan rings is 1. The minimum absolute atomic E-state index is 0.0368. The van der Waals surface area contributed by atoms with Gasteiger partial charge in [-0.25, -0.2) is 9.59 Å². The highest BCUT2D eigenvalue weighted by atomic mass is 32.1. The maximum Gasteiger partial charge on any atom is 0.348 e. The molecule has 3 rings (SSSR count). The van der Waals surface area contributed by atoms with E-state index in [0.29, 0.717) is 22.0 Å². The third kappa shape index (κ3) is 3.12. The molecular weight excluding hydrogens is 316 g/mol. The minimum atomic E-state index is -0.478. The Morgan fingerprint density at radius 2 is 1.96 bits per heavy atom. The Morgan fingerprint density at radius 1 is 1.17 bits per heavy atom. The predicted molar refractivity (Wildman–Crippen MR) is 85.7 cm³/mol. The lowest BCUT2D eigenvalue weighted by atomic mass is 10.2. The first kappa shape index (κ1) is 15.3. The van der Waals surface area contributed by atoms with Crippen molar-refractivity contribution in [1.29, 1.82) is 0 Å². The number of ether oxygens (including phenoxy) is 2. The quantitative estimate of drug-likeness (QED) is 0.678. The molecule has 6 heteroatoms. The van der Waals surface area contributed by atoms with Crippen molar-refractivity contribution >= 4 is 33.4 Å². The number of carbonyl (C=O) groups excluding carboxylic acids is 2. The Kier molecular flexibility index (Phi) is 4.16. The third-order valence-electron chi connectivity index (χ3n) is 3.35. The first-order valence-electron chi connectivity index (χ1n) is 6.92. The van der Waals surface area contributed by atoms with Crippen LogP contribution in [0.4, 0.5) is 0 Å². The van der Waals surface area contributed by atoms with Crippen LogP contribution in [0.3, 0.4) is 0 Å². The second-order valence-corrected chi connectivity index (χ2v) is 5.98.